The van der Waals surface area contributed by atoms with E-state index in [2.05, 4.69) is 27.1 Å². The van der Waals surface area contributed by atoms with Crippen LogP contribution in [-0.2, 0) is 6.54 Å². The van der Waals surface area contributed by atoms with Crippen molar-refractivity contribution in [1.29, 1.82) is 10.8 Å². The lowest BCUT2D eigenvalue weighted by atomic mass is 10.1. The predicted molar refractivity (Wildman–Crippen MR) is 128 cm³/mol. The summed E-state index contributed by atoms with van der Waals surface area (Å²) in [6.07, 6.45) is 1.66. The number of rotatable bonds is 7. The fourth-order valence-electron chi connectivity index (χ4n) is 3.49. The van der Waals surface area contributed by atoms with Crippen molar-refractivity contribution >= 4 is 16.7 Å². The summed E-state index contributed by atoms with van der Waals surface area (Å²) in [5.74, 6) is 1.38. The quantitative estimate of drug-likeness (QED) is 0.337. The van der Waals surface area contributed by atoms with Gasteiger partial charge in [-0.2, -0.15) is 9.78 Å². The molecule has 2 aromatic carbocycles. The topological polar surface area (TPSA) is 100 Å². The third-order valence-electron chi connectivity index (χ3n) is 5.11. The number of benzene rings is 2. The zero-order valence-electron chi connectivity index (χ0n) is 18.9. The molecule has 0 aliphatic carbocycles. The van der Waals surface area contributed by atoms with Gasteiger partial charge in [-0.05, 0) is 50.0 Å². The van der Waals surface area contributed by atoms with Gasteiger partial charge in [0.1, 0.15) is 23.6 Å². The highest BCUT2D eigenvalue weighted by Gasteiger charge is 2.10. The van der Waals surface area contributed by atoms with Crippen LogP contribution in [0.15, 0.2) is 66.9 Å². The van der Waals surface area contributed by atoms with Crippen molar-refractivity contribution in [3.8, 4) is 22.8 Å². The summed E-state index contributed by atoms with van der Waals surface area (Å²) in [5, 5.41) is 22.0. The number of ether oxygens (including phenoxy) is 2. The first kappa shape index (κ1) is 22.2. The summed E-state index contributed by atoms with van der Waals surface area (Å²) in [6, 6.07) is 18.9. The average Bonchev–Trinajstić information content (AvgIpc) is 2.82. The number of nitrogens with zero attached hydrogens (tertiary/aromatic N) is 4. The molecule has 0 bridgehead atoms. The number of hydrogen-bond acceptors (Lipinski definition) is 7. The summed E-state index contributed by atoms with van der Waals surface area (Å²) >= 11 is 0. The summed E-state index contributed by atoms with van der Waals surface area (Å²) in [5.41, 5.74) is 3.67. The van der Waals surface area contributed by atoms with Crippen molar-refractivity contribution in [1.82, 2.24) is 19.7 Å². The molecule has 4 aromatic rings. The number of hydrogen-bond donors (Lipinski definition) is 2. The van der Waals surface area contributed by atoms with Gasteiger partial charge < -0.3 is 14.4 Å². The molecule has 0 fully saturated rings. The Labute approximate surface area is 192 Å². The Balaban J connectivity index is 1.53. The molecule has 0 atom stereocenters. The number of pyridine rings is 1. The van der Waals surface area contributed by atoms with Gasteiger partial charge in [-0.15, -0.1) is 0 Å². The Morgan fingerprint density at radius 2 is 1.82 bits per heavy atom. The molecule has 0 saturated carbocycles. The second-order valence-electron chi connectivity index (χ2n) is 7.88. The van der Waals surface area contributed by atoms with Crippen molar-refractivity contribution in [2.24, 2.45) is 0 Å². The highest BCUT2D eigenvalue weighted by atomic mass is 16.5. The highest BCUT2D eigenvalue weighted by Crippen LogP contribution is 2.27. The lowest BCUT2D eigenvalue weighted by Crippen LogP contribution is -2.32. The van der Waals surface area contributed by atoms with Crippen LogP contribution in [-0.4, -0.2) is 53.3 Å². The van der Waals surface area contributed by atoms with E-state index >= 15 is 0 Å². The minimum atomic E-state index is -0.0418. The maximum absolute atomic E-state index is 8.48. The Kier molecular flexibility index (Phi) is 6.46. The molecule has 0 unspecified atom stereocenters. The van der Waals surface area contributed by atoms with E-state index in [1.165, 1.54) is 10.2 Å². The van der Waals surface area contributed by atoms with Crippen LogP contribution in [0.1, 0.15) is 5.56 Å². The molecule has 2 N–H and O–H groups in total. The minimum absolute atomic E-state index is 0.0418. The van der Waals surface area contributed by atoms with Gasteiger partial charge in [0.25, 0.3) is 0 Å². The van der Waals surface area contributed by atoms with E-state index in [9.17, 15) is 0 Å². The molecule has 0 aliphatic heterocycles. The molecule has 0 saturated heterocycles. The first-order valence-corrected chi connectivity index (χ1v) is 10.5. The predicted octanol–water partition coefficient (Wildman–Crippen LogP) is 3.55. The zero-order chi connectivity index (χ0) is 23.4. The Bertz CT molecular complexity index is 1350. The molecule has 8 nitrogen and oxygen atoms in total. The second-order valence-corrected chi connectivity index (χ2v) is 7.88. The van der Waals surface area contributed by atoms with Gasteiger partial charge in [-0.25, -0.2) is 0 Å². The molecular weight excluding hydrogens is 416 g/mol. The molecule has 2 heterocycles. The van der Waals surface area contributed by atoms with Gasteiger partial charge in [0.05, 0.1) is 18.3 Å². The van der Waals surface area contributed by atoms with Crippen molar-refractivity contribution < 1.29 is 9.47 Å². The van der Waals surface area contributed by atoms with Gasteiger partial charge >= 0.3 is 0 Å². The van der Waals surface area contributed by atoms with E-state index in [1.807, 2.05) is 44.4 Å². The molecular formula is C25H26N6O2. The van der Waals surface area contributed by atoms with Crippen molar-refractivity contribution in [2.75, 3.05) is 27.8 Å². The normalized spacial score (nSPS) is 11.0. The minimum Gasteiger partial charge on any atom is -0.497 e. The molecule has 2 aromatic heterocycles. The van der Waals surface area contributed by atoms with Crippen LogP contribution in [0.2, 0.25) is 0 Å². The number of aromatic nitrogens is 3. The molecule has 33 heavy (non-hydrogen) atoms. The summed E-state index contributed by atoms with van der Waals surface area (Å²) in [4.78, 5) is 6.46. The summed E-state index contributed by atoms with van der Waals surface area (Å²) in [6.45, 7) is 0.817. The largest absolute Gasteiger partial charge is 0.497 e. The van der Waals surface area contributed by atoms with E-state index in [1.54, 1.807) is 31.5 Å². The Morgan fingerprint density at radius 3 is 2.55 bits per heavy atom. The van der Waals surface area contributed by atoms with Gasteiger partial charge in [-0.3, -0.25) is 15.8 Å². The van der Waals surface area contributed by atoms with Gasteiger partial charge in [0, 0.05) is 29.8 Å². The summed E-state index contributed by atoms with van der Waals surface area (Å²) < 4.78 is 12.4. The first-order valence-electron chi connectivity index (χ1n) is 10.5. The molecule has 0 radical (unpaired) electrons. The Hall–Kier alpha value is -4.04. The van der Waals surface area contributed by atoms with Crippen LogP contribution >= 0.6 is 0 Å². The monoisotopic (exact) mass is 442 g/mol. The smallest absolute Gasteiger partial charge is 0.162 e. The van der Waals surface area contributed by atoms with E-state index in [-0.39, 0.29) is 17.9 Å². The fourth-order valence-corrected chi connectivity index (χ4v) is 3.49. The Morgan fingerprint density at radius 1 is 1.03 bits per heavy atom. The van der Waals surface area contributed by atoms with E-state index in [4.69, 9.17) is 20.3 Å². The lowest BCUT2D eigenvalue weighted by molar-refractivity contribution is 0.373. The first-order chi connectivity index (χ1) is 15.9. The van der Waals surface area contributed by atoms with Gasteiger partial charge in [0.15, 0.2) is 5.84 Å². The SMILES string of the molecule is COc1ccc2c(OCC(=N)n3nc(-c4ccc(CN(C)C)cc4)ccc3=N)ccnc2c1. The molecule has 8 heteroatoms. The van der Waals surface area contributed by atoms with Crippen LogP contribution in [0.3, 0.4) is 0 Å². The van der Waals surface area contributed by atoms with Crippen molar-refractivity contribution in [3.63, 3.8) is 0 Å². The van der Waals surface area contributed by atoms with Crippen LogP contribution in [0.25, 0.3) is 22.2 Å². The molecule has 0 spiro atoms. The summed E-state index contributed by atoms with van der Waals surface area (Å²) in [7, 11) is 5.67. The highest BCUT2D eigenvalue weighted by molar-refractivity contribution is 5.87. The molecule has 4 rings (SSSR count). The van der Waals surface area contributed by atoms with Crippen molar-refractivity contribution in [2.45, 2.75) is 6.54 Å². The number of methoxy groups -OCH3 is 1. The van der Waals surface area contributed by atoms with Crippen molar-refractivity contribution in [3.05, 3.63) is 77.9 Å². The standard InChI is InChI=1S/C25H26N6O2/c1-30(2)15-17-4-6-18(7-5-17)21-10-11-24(26)31(29-21)25(27)16-33-23-12-13-28-22-14-19(32-3)8-9-20(22)23/h4-14,26-27H,15-16H2,1-3H3. The van der Waals surface area contributed by atoms with Crippen LogP contribution in [0.5, 0.6) is 11.5 Å². The van der Waals surface area contributed by atoms with E-state index in [0.717, 1.165) is 23.0 Å². The number of fused-ring (bicyclic) bond motifs is 1. The van der Waals surface area contributed by atoms with E-state index < -0.39 is 0 Å². The third kappa shape index (κ3) is 5.07. The fraction of sp³-hybridized carbons (Fsp3) is 0.200. The average molecular weight is 443 g/mol. The van der Waals surface area contributed by atoms with E-state index in [0.29, 0.717) is 17.2 Å². The van der Waals surface area contributed by atoms with Gasteiger partial charge in [0.2, 0.25) is 0 Å². The van der Waals surface area contributed by atoms with Gasteiger partial charge in [-0.1, -0.05) is 24.3 Å². The molecule has 0 amide bonds. The second kappa shape index (κ2) is 9.62. The van der Waals surface area contributed by atoms with Crippen LogP contribution < -0.4 is 15.0 Å². The zero-order valence-corrected chi connectivity index (χ0v) is 18.9. The molecule has 168 valence electrons. The number of nitrogens with one attached hydrogen (secondary N) is 2. The maximum atomic E-state index is 8.48. The maximum Gasteiger partial charge on any atom is 0.162 e. The van der Waals surface area contributed by atoms with Crippen LogP contribution in [0, 0.1) is 10.8 Å². The molecule has 0 aliphatic rings. The lowest BCUT2D eigenvalue weighted by Gasteiger charge is -2.13. The van der Waals surface area contributed by atoms with Crippen LogP contribution in [0.4, 0.5) is 0 Å². The third-order valence-corrected chi connectivity index (χ3v) is 5.11.